The molecule has 1 aliphatic heterocycles. The first-order chi connectivity index (χ1) is 12.0. The van der Waals surface area contributed by atoms with Gasteiger partial charge in [0.25, 0.3) is 5.91 Å². The number of hydrogen-bond acceptors (Lipinski definition) is 3. The van der Waals surface area contributed by atoms with Gasteiger partial charge >= 0.3 is 0 Å². The molecule has 1 saturated heterocycles. The summed E-state index contributed by atoms with van der Waals surface area (Å²) >= 11 is 0. The van der Waals surface area contributed by atoms with Gasteiger partial charge in [-0.1, -0.05) is 19.9 Å². The van der Waals surface area contributed by atoms with Crippen LogP contribution in [0.4, 0.5) is 8.78 Å². The number of amides is 1. The van der Waals surface area contributed by atoms with E-state index in [0.717, 1.165) is 24.7 Å². The summed E-state index contributed by atoms with van der Waals surface area (Å²) in [6.07, 6.45) is 0.730. The third kappa shape index (κ3) is 3.87. The Morgan fingerprint density at radius 2 is 2.08 bits per heavy atom. The molecule has 5 nitrogen and oxygen atoms in total. The SMILES string of the molecule is CC(C)c1cc(C(=O)NC2CNCCC2c2ccc(F)c(F)c2)n[nH]1. The summed E-state index contributed by atoms with van der Waals surface area (Å²) in [6.45, 7) is 5.35. The fraction of sp³-hybridized carbons (Fsp3) is 0.444. The predicted octanol–water partition coefficient (Wildman–Crippen LogP) is 2.69. The fourth-order valence-corrected chi connectivity index (χ4v) is 3.14. The number of nitrogens with one attached hydrogen (secondary N) is 3. The molecule has 0 bridgehead atoms. The molecule has 1 fully saturated rings. The highest BCUT2D eigenvalue weighted by molar-refractivity contribution is 5.92. The Hall–Kier alpha value is -2.28. The van der Waals surface area contributed by atoms with Gasteiger partial charge in [0.1, 0.15) is 5.69 Å². The van der Waals surface area contributed by atoms with Gasteiger partial charge in [-0.15, -0.1) is 0 Å². The Morgan fingerprint density at radius 1 is 1.28 bits per heavy atom. The van der Waals surface area contributed by atoms with E-state index < -0.39 is 11.6 Å². The van der Waals surface area contributed by atoms with Gasteiger partial charge < -0.3 is 10.6 Å². The van der Waals surface area contributed by atoms with Crippen LogP contribution < -0.4 is 10.6 Å². The van der Waals surface area contributed by atoms with Gasteiger partial charge in [0.15, 0.2) is 11.6 Å². The normalized spacial score (nSPS) is 20.7. The maximum Gasteiger partial charge on any atom is 0.272 e. The largest absolute Gasteiger partial charge is 0.346 e. The third-order valence-corrected chi connectivity index (χ3v) is 4.62. The fourth-order valence-electron chi connectivity index (χ4n) is 3.14. The second-order valence-corrected chi connectivity index (χ2v) is 6.72. The zero-order valence-electron chi connectivity index (χ0n) is 14.3. The van der Waals surface area contributed by atoms with Crippen molar-refractivity contribution in [3.63, 3.8) is 0 Å². The summed E-state index contributed by atoms with van der Waals surface area (Å²) in [5.74, 6) is -1.83. The average molecular weight is 348 g/mol. The van der Waals surface area contributed by atoms with Crippen molar-refractivity contribution in [2.24, 2.45) is 0 Å². The van der Waals surface area contributed by atoms with E-state index in [4.69, 9.17) is 0 Å². The second-order valence-electron chi connectivity index (χ2n) is 6.72. The van der Waals surface area contributed by atoms with Crippen molar-refractivity contribution in [1.29, 1.82) is 0 Å². The number of carbonyl (C=O) groups excluding carboxylic acids is 1. The molecule has 3 rings (SSSR count). The smallest absolute Gasteiger partial charge is 0.272 e. The van der Waals surface area contributed by atoms with E-state index in [1.807, 2.05) is 13.8 Å². The van der Waals surface area contributed by atoms with Crippen molar-refractivity contribution >= 4 is 5.91 Å². The zero-order valence-corrected chi connectivity index (χ0v) is 14.3. The van der Waals surface area contributed by atoms with E-state index in [0.29, 0.717) is 17.8 Å². The number of benzene rings is 1. The Kier molecular flexibility index (Phi) is 5.13. The predicted molar refractivity (Wildman–Crippen MR) is 90.5 cm³/mol. The minimum atomic E-state index is -0.866. The number of halogens is 2. The first kappa shape index (κ1) is 17.5. The Bertz CT molecular complexity index is 759. The molecule has 2 atom stereocenters. The number of rotatable bonds is 4. The van der Waals surface area contributed by atoms with Gasteiger partial charge in [-0.2, -0.15) is 5.10 Å². The Labute approximate surface area is 145 Å². The minimum absolute atomic E-state index is 0.0798. The van der Waals surface area contributed by atoms with Crippen LogP contribution in [0.2, 0.25) is 0 Å². The molecule has 2 heterocycles. The lowest BCUT2D eigenvalue weighted by Gasteiger charge is -2.33. The number of aromatic amines is 1. The van der Waals surface area contributed by atoms with Crippen LogP contribution in [-0.4, -0.2) is 35.2 Å². The molecule has 1 amide bonds. The maximum absolute atomic E-state index is 13.6. The molecule has 2 unspecified atom stereocenters. The van der Waals surface area contributed by atoms with Crippen molar-refractivity contribution in [1.82, 2.24) is 20.8 Å². The maximum atomic E-state index is 13.6. The van der Waals surface area contributed by atoms with Crippen LogP contribution in [0.25, 0.3) is 0 Å². The molecule has 0 spiro atoms. The van der Waals surface area contributed by atoms with Crippen molar-refractivity contribution in [3.8, 4) is 0 Å². The van der Waals surface area contributed by atoms with Crippen LogP contribution >= 0.6 is 0 Å². The Balaban J connectivity index is 1.76. The lowest BCUT2D eigenvalue weighted by Crippen LogP contribution is -2.50. The van der Waals surface area contributed by atoms with E-state index in [-0.39, 0.29) is 23.8 Å². The third-order valence-electron chi connectivity index (χ3n) is 4.62. The Morgan fingerprint density at radius 3 is 2.76 bits per heavy atom. The quantitative estimate of drug-likeness (QED) is 0.796. The van der Waals surface area contributed by atoms with Crippen molar-refractivity contribution in [3.05, 3.63) is 52.9 Å². The molecule has 7 heteroatoms. The monoisotopic (exact) mass is 348 g/mol. The van der Waals surface area contributed by atoms with E-state index >= 15 is 0 Å². The van der Waals surface area contributed by atoms with Crippen molar-refractivity contribution in [2.45, 2.75) is 38.1 Å². The number of carbonyl (C=O) groups is 1. The number of piperidine rings is 1. The molecule has 134 valence electrons. The zero-order chi connectivity index (χ0) is 18.0. The average Bonchev–Trinajstić information content (AvgIpc) is 3.08. The molecule has 1 aromatic heterocycles. The van der Waals surface area contributed by atoms with E-state index in [2.05, 4.69) is 20.8 Å². The molecular formula is C18H22F2N4O. The number of hydrogen-bond donors (Lipinski definition) is 3. The minimum Gasteiger partial charge on any atom is -0.346 e. The molecule has 1 aromatic carbocycles. The lowest BCUT2D eigenvalue weighted by atomic mass is 9.86. The standard InChI is InChI=1S/C18H22F2N4O/c1-10(2)15-8-16(24-23-15)18(25)22-17-9-21-6-5-12(17)11-3-4-13(19)14(20)7-11/h3-4,7-8,10,12,17,21H,5-6,9H2,1-2H3,(H,22,25)(H,23,24). The summed E-state index contributed by atoms with van der Waals surface area (Å²) in [6, 6.07) is 5.46. The van der Waals surface area contributed by atoms with Gasteiger partial charge in [-0.3, -0.25) is 9.89 Å². The van der Waals surface area contributed by atoms with Crippen LogP contribution in [0, 0.1) is 11.6 Å². The highest BCUT2D eigenvalue weighted by Crippen LogP contribution is 2.27. The first-order valence-corrected chi connectivity index (χ1v) is 8.47. The second kappa shape index (κ2) is 7.31. The van der Waals surface area contributed by atoms with E-state index in [1.54, 1.807) is 12.1 Å². The van der Waals surface area contributed by atoms with Crippen LogP contribution in [-0.2, 0) is 0 Å². The number of nitrogens with zero attached hydrogens (tertiary/aromatic N) is 1. The van der Waals surface area contributed by atoms with Gasteiger partial charge in [-0.05, 0) is 42.6 Å². The van der Waals surface area contributed by atoms with E-state index in [9.17, 15) is 13.6 Å². The number of aromatic nitrogens is 2. The van der Waals surface area contributed by atoms with Crippen molar-refractivity contribution < 1.29 is 13.6 Å². The number of H-pyrrole nitrogens is 1. The van der Waals surface area contributed by atoms with Gasteiger partial charge in [-0.25, -0.2) is 8.78 Å². The van der Waals surface area contributed by atoms with Gasteiger partial charge in [0, 0.05) is 24.2 Å². The molecule has 1 aliphatic rings. The molecule has 0 saturated carbocycles. The van der Waals surface area contributed by atoms with Crippen LogP contribution in [0.3, 0.4) is 0 Å². The summed E-state index contributed by atoms with van der Waals surface area (Å²) in [5.41, 5.74) is 1.91. The van der Waals surface area contributed by atoms with Crippen LogP contribution in [0.5, 0.6) is 0 Å². The molecule has 3 N–H and O–H groups in total. The van der Waals surface area contributed by atoms with Gasteiger partial charge in [0.05, 0.1) is 0 Å². The van der Waals surface area contributed by atoms with Gasteiger partial charge in [0.2, 0.25) is 0 Å². The molecular weight excluding hydrogens is 326 g/mol. The van der Waals surface area contributed by atoms with Crippen LogP contribution in [0.1, 0.15) is 53.8 Å². The highest BCUT2D eigenvalue weighted by Gasteiger charge is 2.29. The summed E-state index contributed by atoms with van der Waals surface area (Å²) in [7, 11) is 0. The lowest BCUT2D eigenvalue weighted by molar-refractivity contribution is 0.0919. The molecule has 0 aliphatic carbocycles. The first-order valence-electron chi connectivity index (χ1n) is 8.47. The van der Waals surface area contributed by atoms with Crippen LogP contribution in [0.15, 0.2) is 24.3 Å². The molecule has 0 radical (unpaired) electrons. The van der Waals surface area contributed by atoms with Crippen molar-refractivity contribution in [2.75, 3.05) is 13.1 Å². The van der Waals surface area contributed by atoms with E-state index in [1.165, 1.54) is 6.07 Å². The summed E-state index contributed by atoms with van der Waals surface area (Å²) in [4.78, 5) is 12.5. The topological polar surface area (TPSA) is 69.8 Å². The molecule has 2 aromatic rings. The highest BCUT2D eigenvalue weighted by atomic mass is 19.2. The molecule has 25 heavy (non-hydrogen) atoms. The summed E-state index contributed by atoms with van der Waals surface area (Å²) < 4.78 is 26.8. The summed E-state index contributed by atoms with van der Waals surface area (Å²) in [5, 5.41) is 13.1.